The topological polar surface area (TPSA) is 220 Å². The van der Waals surface area contributed by atoms with Gasteiger partial charge in [0.25, 0.3) is 0 Å². The molecule has 2 heterocycles. The molecule has 1 saturated carbocycles. The molecule has 0 aromatic heterocycles. The van der Waals surface area contributed by atoms with Gasteiger partial charge >= 0.3 is 29.8 Å². The quantitative estimate of drug-likeness (QED) is 0.182. The monoisotopic (exact) mass is 646 g/mol. The first-order valence-electron chi connectivity index (χ1n) is 14.6. The molecule has 4 unspecified atom stereocenters. The summed E-state index contributed by atoms with van der Waals surface area (Å²) in [6.45, 7) is 6.25. The molecular weight excluding hydrogens is 604 g/mol. The molecule has 0 amide bonds. The molecule has 2 aliphatic heterocycles. The fourth-order valence-corrected chi connectivity index (χ4v) is 5.67. The van der Waals surface area contributed by atoms with Gasteiger partial charge < -0.3 is 53.2 Å². The van der Waals surface area contributed by atoms with Gasteiger partial charge in [0.15, 0.2) is 18.5 Å². The molecule has 0 radical (unpaired) electrons. The Bertz CT molecular complexity index is 1140. The van der Waals surface area contributed by atoms with E-state index in [1.165, 1.54) is 6.26 Å². The summed E-state index contributed by atoms with van der Waals surface area (Å²) >= 11 is 0. The summed E-state index contributed by atoms with van der Waals surface area (Å²) < 4.78 is 44.1. The van der Waals surface area contributed by atoms with Crippen molar-refractivity contribution in [3.05, 3.63) is 11.8 Å². The van der Waals surface area contributed by atoms with E-state index in [0.29, 0.717) is 12.0 Å². The largest absolute Gasteiger partial charge is 0.463 e. The predicted octanol–water partition coefficient (Wildman–Crippen LogP) is -0.364. The SMILES string of the molecule is CCC(C)C(=O)OC1OC=C(CO[C@@H]2O[C@H](CO)[C@@H](O)[C@H](OC(C)=O)[C@H]2OC(C)=O)C2C[C@H](OC(C)=O)[C@](O)(COC(C)=O)C12. The lowest BCUT2D eigenvalue weighted by Crippen LogP contribution is -2.61. The first-order valence-corrected chi connectivity index (χ1v) is 14.6. The maximum absolute atomic E-state index is 12.8. The number of carbonyl (C=O) groups is 5. The third-order valence-electron chi connectivity index (χ3n) is 8.04. The van der Waals surface area contributed by atoms with Crippen molar-refractivity contribution < 1.29 is 77.2 Å². The Morgan fingerprint density at radius 1 is 0.956 bits per heavy atom. The molecule has 0 spiro atoms. The molecule has 1 aliphatic carbocycles. The van der Waals surface area contributed by atoms with Gasteiger partial charge in [0.1, 0.15) is 30.5 Å². The highest BCUT2D eigenvalue weighted by Gasteiger charge is 2.63. The van der Waals surface area contributed by atoms with E-state index in [1.807, 2.05) is 0 Å². The van der Waals surface area contributed by atoms with Crippen molar-refractivity contribution in [1.82, 2.24) is 0 Å². The second-order valence-corrected chi connectivity index (χ2v) is 11.4. The van der Waals surface area contributed by atoms with Crippen LogP contribution in [0.15, 0.2) is 11.8 Å². The number of carbonyl (C=O) groups excluding carboxylic acids is 5. The molecule has 0 aromatic rings. The highest BCUT2D eigenvalue weighted by Crippen LogP contribution is 2.51. The van der Waals surface area contributed by atoms with Crippen LogP contribution in [0.5, 0.6) is 0 Å². The van der Waals surface area contributed by atoms with Gasteiger partial charge in [-0.2, -0.15) is 0 Å². The van der Waals surface area contributed by atoms with Crippen molar-refractivity contribution >= 4 is 29.8 Å². The standard InChI is InChI=1S/C29H42O16/c1-7-13(2)26(36)45-27-22-19(8-21(41-15(4)32)29(22,37)12-40-14(3)31)18(10-38-27)11-39-28-25(43-17(6)34)24(42-16(5)33)23(35)20(9-30)44-28/h10,13,19-25,27-28,30,35,37H,7-9,11-12H2,1-6H3/t13?,19?,20-,21+,22?,23-,24+,25-,27?,28-,29-/m1/s1. The van der Waals surface area contributed by atoms with Crippen molar-refractivity contribution in [2.75, 3.05) is 19.8 Å². The third-order valence-corrected chi connectivity index (χ3v) is 8.04. The van der Waals surface area contributed by atoms with Crippen molar-refractivity contribution in [1.29, 1.82) is 0 Å². The van der Waals surface area contributed by atoms with Crippen LogP contribution in [-0.2, 0) is 61.9 Å². The van der Waals surface area contributed by atoms with Gasteiger partial charge in [-0.1, -0.05) is 13.8 Å². The highest BCUT2D eigenvalue weighted by molar-refractivity contribution is 5.72. The van der Waals surface area contributed by atoms with Crippen LogP contribution in [0.2, 0.25) is 0 Å². The van der Waals surface area contributed by atoms with Gasteiger partial charge in [-0.25, -0.2) is 0 Å². The minimum Gasteiger partial charge on any atom is -0.463 e. The molecular formula is C29H42O16. The smallest absolute Gasteiger partial charge is 0.311 e. The van der Waals surface area contributed by atoms with Crippen molar-refractivity contribution in [2.45, 2.75) is 103 Å². The van der Waals surface area contributed by atoms with Crippen molar-refractivity contribution in [2.24, 2.45) is 17.8 Å². The summed E-state index contributed by atoms with van der Waals surface area (Å²) in [6.07, 6.45) is -8.12. The Kier molecular flexibility index (Phi) is 12.3. The molecule has 254 valence electrons. The van der Waals surface area contributed by atoms with Gasteiger partial charge in [0, 0.05) is 33.6 Å². The Morgan fingerprint density at radius 2 is 1.58 bits per heavy atom. The summed E-state index contributed by atoms with van der Waals surface area (Å²) in [5.74, 6) is -6.00. The Morgan fingerprint density at radius 3 is 2.13 bits per heavy atom. The maximum atomic E-state index is 12.8. The molecule has 16 nitrogen and oxygen atoms in total. The molecule has 2 fully saturated rings. The molecule has 16 heteroatoms. The van der Waals surface area contributed by atoms with Crippen LogP contribution >= 0.6 is 0 Å². The Balaban J connectivity index is 1.96. The first kappa shape index (κ1) is 36.2. The number of aliphatic hydroxyl groups excluding tert-OH is 2. The highest BCUT2D eigenvalue weighted by atomic mass is 16.7. The van der Waals surface area contributed by atoms with Gasteiger partial charge in [-0.3, -0.25) is 24.0 Å². The lowest BCUT2D eigenvalue weighted by Gasteiger charge is -2.43. The molecule has 3 rings (SSSR count). The van der Waals surface area contributed by atoms with E-state index in [0.717, 1.165) is 27.7 Å². The number of ether oxygens (including phenoxy) is 8. The summed E-state index contributed by atoms with van der Waals surface area (Å²) in [5, 5.41) is 32.4. The van der Waals surface area contributed by atoms with Crippen LogP contribution < -0.4 is 0 Å². The number of rotatable bonds is 12. The molecule has 3 aliphatic rings. The minimum atomic E-state index is -2.06. The second-order valence-electron chi connectivity index (χ2n) is 11.4. The van der Waals surface area contributed by atoms with Crippen LogP contribution in [0.1, 0.15) is 54.4 Å². The van der Waals surface area contributed by atoms with Gasteiger partial charge in [-0.05, 0) is 18.4 Å². The van der Waals surface area contributed by atoms with E-state index in [-0.39, 0.29) is 13.0 Å². The molecule has 3 N–H and O–H groups in total. The average Bonchev–Trinajstić information content (AvgIpc) is 3.25. The van der Waals surface area contributed by atoms with Crippen LogP contribution in [0.4, 0.5) is 0 Å². The third kappa shape index (κ3) is 8.49. The zero-order valence-corrected chi connectivity index (χ0v) is 26.0. The minimum absolute atomic E-state index is 0.0229. The van der Waals surface area contributed by atoms with E-state index in [9.17, 15) is 39.3 Å². The van der Waals surface area contributed by atoms with Crippen LogP contribution in [0.3, 0.4) is 0 Å². The Labute approximate surface area is 259 Å². The van der Waals surface area contributed by atoms with Crippen molar-refractivity contribution in [3.63, 3.8) is 0 Å². The number of hydrogen-bond donors (Lipinski definition) is 3. The number of fused-ring (bicyclic) bond motifs is 1. The van der Waals surface area contributed by atoms with E-state index >= 15 is 0 Å². The second kappa shape index (κ2) is 15.3. The summed E-state index contributed by atoms with van der Waals surface area (Å²) in [6, 6.07) is 0. The lowest BCUT2D eigenvalue weighted by molar-refractivity contribution is -0.304. The number of esters is 5. The zero-order valence-electron chi connectivity index (χ0n) is 26.0. The molecule has 1 saturated heterocycles. The normalized spacial score (nSPS) is 34.7. The van der Waals surface area contributed by atoms with Crippen LogP contribution in [0.25, 0.3) is 0 Å². The first-order chi connectivity index (χ1) is 21.1. The summed E-state index contributed by atoms with van der Waals surface area (Å²) in [4.78, 5) is 60.2. The van der Waals surface area contributed by atoms with Crippen molar-refractivity contribution in [3.8, 4) is 0 Å². The summed E-state index contributed by atoms with van der Waals surface area (Å²) in [7, 11) is 0. The maximum Gasteiger partial charge on any atom is 0.311 e. The number of aliphatic hydroxyl groups is 3. The van der Waals surface area contributed by atoms with E-state index in [2.05, 4.69) is 0 Å². The zero-order chi connectivity index (χ0) is 33.6. The summed E-state index contributed by atoms with van der Waals surface area (Å²) in [5.41, 5.74) is -1.71. The van der Waals surface area contributed by atoms with Gasteiger partial charge in [-0.15, -0.1) is 0 Å². The van der Waals surface area contributed by atoms with Crippen LogP contribution in [-0.4, -0.2) is 114 Å². The predicted molar refractivity (Wildman–Crippen MR) is 146 cm³/mol. The molecule has 0 bridgehead atoms. The van der Waals surface area contributed by atoms with E-state index < -0.39 is 110 Å². The number of hydrogen-bond acceptors (Lipinski definition) is 16. The van der Waals surface area contributed by atoms with E-state index in [1.54, 1.807) is 13.8 Å². The fourth-order valence-electron chi connectivity index (χ4n) is 5.67. The van der Waals surface area contributed by atoms with Gasteiger partial charge in [0.05, 0.1) is 31.3 Å². The van der Waals surface area contributed by atoms with Gasteiger partial charge in [0.2, 0.25) is 6.29 Å². The molecule has 11 atom stereocenters. The van der Waals surface area contributed by atoms with Crippen LogP contribution in [0, 0.1) is 17.8 Å². The lowest BCUT2D eigenvalue weighted by atomic mass is 9.80. The Hall–Kier alpha value is -3.31. The molecule has 45 heavy (non-hydrogen) atoms. The molecule has 0 aromatic carbocycles. The fraction of sp³-hybridized carbons (Fsp3) is 0.759. The van der Waals surface area contributed by atoms with E-state index in [4.69, 9.17) is 37.9 Å². The average molecular weight is 647 g/mol.